The van der Waals surface area contributed by atoms with Crippen LogP contribution < -0.4 is 4.74 Å². The van der Waals surface area contributed by atoms with Gasteiger partial charge in [-0.15, -0.1) is 0 Å². The van der Waals surface area contributed by atoms with Crippen LogP contribution in [-0.2, 0) is 4.12 Å². The molecule has 0 fully saturated rings. The lowest BCUT2D eigenvalue weighted by Gasteiger charge is -2.34. The van der Waals surface area contributed by atoms with Gasteiger partial charge in [-0.1, -0.05) is 63.3 Å². The highest BCUT2D eigenvalue weighted by atomic mass is 28.4. The van der Waals surface area contributed by atoms with Crippen molar-refractivity contribution in [3.63, 3.8) is 0 Å². The van der Waals surface area contributed by atoms with E-state index in [4.69, 9.17) is 14.1 Å². The highest BCUT2D eigenvalue weighted by molar-refractivity contribution is 6.84. The van der Waals surface area contributed by atoms with Crippen LogP contribution >= 0.6 is 0 Å². The first-order valence-corrected chi connectivity index (χ1v) is 17.4. The first-order chi connectivity index (χ1) is 14.2. The number of hydrogen-bond donors (Lipinski definition) is 0. The van der Waals surface area contributed by atoms with Gasteiger partial charge in [0.15, 0.2) is 8.32 Å². The topological polar surface area (TPSA) is 42.2 Å². The number of hydrogen-bond acceptors (Lipinski definition) is 3. The summed E-state index contributed by atoms with van der Waals surface area (Å²) in [5.41, 5.74) is 2.90. The standard InChI is InChI=1S/C25H37NO2Si2/c1-6-7-8-9-10-19-29(2,3)28-30(4,5)21-27-25-17-15-24(16-18-25)23-13-11-22(20-26)12-14-23/h11-18H,6-10,19,21H2,1-5H3. The first kappa shape index (κ1) is 24.4. The quantitative estimate of drug-likeness (QED) is 0.253. The number of nitriles is 1. The molecule has 0 heterocycles. The van der Waals surface area contributed by atoms with E-state index in [0.717, 1.165) is 16.9 Å². The minimum absolute atomic E-state index is 0.676. The molecule has 0 aliphatic carbocycles. The Hall–Kier alpha value is -1.88. The van der Waals surface area contributed by atoms with Gasteiger partial charge in [-0.2, -0.15) is 5.26 Å². The van der Waals surface area contributed by atoms with Gasteiger partial charge in [-0.25, -0.2) is 0 Å². The van der Waals surface area contributed by atoms with E-state index in [1.165, 1.54) is 38.1 Å². The second-order valence-electron chi connectivity index (χ2n) is 9.29. The van der Waals surface area contributed by atoms with Gasteiger partial charge in [0, 0.05) is 0 Å². The fourth-order valence-corrected chi connectivity index (χ4v) is 12.0. The summed E-state index contributed by atoms with van der Waals surface area (Å²) in [5.74, 6) is 0.885. The minimum Gasteiger partial charge on any atom is -0.494 e. The van der Waals surface area contributed by atoms with E-state index >= 15 is 0 Å². The molecule has 2 rings (SSSR count). The maximum absolute atomic E-state index is 8.93. The molecular formula is C25H37NO2Si2. The lowest BCUT2D eigenvalue weighted by Crippen LogP contribution is -2.48. The number of benzene rings is 2. The van der Waals surface area contributed by atoms with E-state index in [1.54, 1.807) is 0 Å². The Balaban J connectivity index is 1.85. The van der Waals surface area contributed by atoms with Crippen molar-refractivity contribution < 1.29 is 8.85 Å². The maximum atomic E-state index is 8.93. The van der Waals surface area contributed by atoms with Gasteiger partial charge in [-0.05, 0) is 67.6 Å². The molecular weight excluding hydrogens is 402 g/mol. The van der Waals surface area contributed by atoms with Gasteiger partial charge < -0.3 is 8.85 Å². The molecule has 5 heteroatoms. The number of unbranched alkanes of at least 4 members (excludes halogenated alkanes) is 4. The Labute approximate surface area is 185 Å². The fourth-order valence-electron chi connectivity index (χ4n) is 3.72. The van der Waals surface area contributed by atoms with E-state index in [2.05, 4.69) is 51.3 Å². The molecule has 162 valence electrons. The van der Waals surface area contributed by atoms with Crippen molar-refractivity contribution in [2.24, 2.45) is 0 Å². The number of rotatable bonds is 12. The third kappa shape index (κ3) is 8.47. The molecule has 0 spiro atoms. The summed E-state index contributed by atoms with van der Waals surface area (Å²) in [7, 11) is -3.52. The fraction of sp³-hybridized carbons (Fsp3) is 0.480. The molecule has 0 radical (unpaired) electrons. The molecule has 2 aromatic rings. The van der Waals surface area contributed by atoms with Crippen molar-refractivity contribution >= 4 is 16.6 Å². The highest BCUT2D eigenvalue weighted by Crippen LogP contribution is 2.25. The minimum atomic E-state index is -1.88. The molecule has 0 N–H and O–H groups in total. The molecule has 0 amide bonds. The average molecular weight is 440 g/mol. The maximum Gasteiger partial charge on any atom is 0.213 e. The normalized spacial score (nSPS) is 11.9. The van der Waals surface area contributed by atoms with Gasteiger partial charge in [0.2, 0.25) is 8.32 Å². The van der Waals surface area contributed by atoms with E-state index in [-0.39, 0.29) is 0 Å². The summed E-state index contributed by atoms with van der Waals surface area (Å²) in [6, 6.07) is 19.2. The van der Waals surface area contributed by atoms with Gasteiger partial charge in [0.05, 0.1) is 11.6 Å². The zero-order valence-electron chi connectivity index (χ0n) is 19.3. The van der Waals surface area contributed by atoms with Crippen LogP contribution in [0.1, 0.15) is 44.6 Å². The van der Waals surface area contributed by atoms with Crippen molar-refractivity contribution in [3.8, 4) is 22.9 Å². The van der Waals surface area contributed by atoms with E-state index < -0.39 is 16.6 Å². The molecule has 30 heavy (non-hydrogen) atoms. The Morgan fingerprint density at radius 3 is 1.90 bits per heavy atom. The molecule has 0 atom stereocenters. The third-order valence-electron chi connectivity index (χ3n) is 5.22. The van der Waals surface area contributed by atoms with Crippen LogP contribution in [0.2, 0.25) is 32.2 Å². The van der Waals surface area contributed by atoms with Crippen molar-refractivity contribution in [1.29, 1.82) is 5.26 Å². The molecule has 0 saturated carbocycles. The molecule has 0 aromatic heterocycles. The van der Waals surface area contributed by atoms with Crippen LogP contribution in [0.15, 0.2) is 48.5 Å². The monoisotopic (exact) mass is 439 g/mol. The second-order valence-corrected chi connectivity index (χ2v) is 17.9. The predicted octanol–water partition coefficient (Wildman–Crippen LogP) is 7.54. The van der Waals surface area contributed by atoms with Crippen LogP contribution in [0.3, 0.4) is 0 Å². The van der Waals surface area contributed by atoms with E-state index in [9.17, 15) is 0 Å². The van der Waals surface area contributed by atoms with Crippen molar-refractivity contribution in [3.05, 3.63) is 54.1 Å². The Bertz CT molecular complexity index is 809. The number of ether oxygens (including phenoxy) is 1. The lowest BCUT2D eigenvalue weighted by atomic mass is 10.0. The van der Waals surface area contributed by atoms with Crippen molar-refractivity contribution in [2.75, 3.05) is 6.23 Å². The summed E-state index contributed by atoms with van der Waals surface area (Å²) in [6.07, 6.45) is 7.29. The van der Waals surface area contributed by atoms with Crippen molar-refractivity contribution in [1.82, 2.24) is 0 Å². The highest BCUT2D eigenvalue weighted by Gasteiger charge is 2.33. The number of nitrogens with zero attached hydrogens (tertiary/aromatic N) is 1. The summed E-state index contributed by atoms with van der Waals surface area (Å²) < 4.78 is 12.8. The molecule has 0 aliphatic rings. The van der Waals surface area contributed by atoms with Crippen LogP contribution in [0.25, 0.3) is 11.1 Å². The zero-order chi connectivity index (χ0) is 22.0. The van der Waals surface area contributed by atoms with Crippen molar-refractivity contribution in [2.45, 2.75) is 71.3 Å². The molecule has 2 aromatic carbocycles. The largest absolute Gasteiger partial charge is 0.494 e. The Kier molecular flexibility index (Phi) is 9.35. The summed E-state index contributed by atoms with van der Waals surface area (Å²) in [4.78, 5) is 0. The summed E-state index contributed by atoms with van der Waals surface area (Å²) >= 11 is 0. The smallest absolute Gasteiger partial charge is 0.213 e. The molecule has 0 aliphatic heterocycles. The zero-order valence-corrected chi connectivity index (χ0v) is 21.3. The molecule has 0 unspecified atom stereocenters. The van der Waals surface area contributed by atoms with Crippen LogP contribution in [-0.4, -0.2) is 22.9 Å². The van der Waals surface area contributed by atoms with Gasteiger partial charge in [0.25, 0.3) is 0 Å². The molecule has 0 bridgehead atoms. The Morgan fingerprint density at radius 2 is 1.33 bits per heavy atom. The van der Waals surface area contributed by atoms with E-state index in [0.29, 0.717) is 11.8 Å². The van der Waals surface area contributed by atoms with Crippen LogP contribution in [0, 0.1) is 11.3 Å². The van der Waals surface area contributed by atoms with Crippen LogP contribution in [0.4, 0.5) is 0 Å². The predicted molar refractivity (Wildman–Crippen MR) is 132 cm³/mol. The first-order valence-electron chi connectivity index (χ1n) is 11.2. The second kappa shape index (κ2) is 11.5. The summed E-state index contributed by atoms with van der Waals surface area (Å²) in [6.45, 7) is 11.5. The SMILES string of the molecule is CCCCCCC[Si](C)(C)O[Si](C)(C)COc1ccc(-c2ccc(C#N)cc2)cc1. The Morgan fingerprint density at radius 1 is 0.767 bits per heavy atom. The van der Waals surface area contributed by atoms with Gasteiger partial charge in [0.1, 0.15) is 12.0 Å². The summed E-state index contributed by atoms with van der Waals surface area (Å²) in [5, 5.41) is 8.93. The average Bonchev–Trinajstić information content (AvgIpc) is 2.72. The van der Waals surface area contributed by atoms with Gasteiger partial charge >= 0.3 is 0 Å². The van der Waals surface area contributed by atoms with Crippen LogP contribution in [0.5, 0.6) is 5.75 Å². The van der Waals surface area contributed by atoms with Gasteiger partial charge in [-0.3, -0.25) is 0 Å². The molecule has 0 saturated heterocycles. The molecule has 3 nitrogen and oxygen atoms in total. The lowest BCUT2D eigenvalue weighted by molar-refractivity contribution is 0.351. The third-order valence-corrected chi connectivity index (χ3v) is 12.0. The van der Waals surface area contributed by atoms with E-state index in [1.807, 2.05) is 36.4 Å².